The number of hydrogen-bond donors (Lipinski definition) is 2. The average Bonchev–Trinajstić information content (AvgIpc) is 3.08. The van der Waals surface area contributed by atoms with Crippen molar-refractivity contribution >= 4 is 41.3 Å². The first-order valence-electron chi connectivity index (χ1n) is 7.10. The Labute approximate surface area is 142 Å². The number of nitrogens with zero attached hydrogens (tertiary/aromatic N) is 1. The van der Waals surface area contributed by atoms with Gasteiger partial charge in [-0.05, 0) is 17.9 Å². The third-order valence-corrected chi connectivity index (χ3v) is 5.91. The number of nitrogens with one attached hydrogen (secondary N) is 1. The van der Waals surface area contributed by atoms with Crippen LogP contribution >= 0.6 is 23.5 Å². The van der Waals surface area contributed by atoms with Gasteiger partial charge in [0.2, 0.25) is 5.91 Å². The molecule has 2 aliphatic rings. The molecule has 1 fully saturated rings. The van der Waals surface area contributed by atoms with Crippen LogP contribution in [0, 0.1) is 0 Å². The molecule has 0 aromatic heterocycles. The summed E-state index contributed by atoms with van der Waals surface area (Å²) < 4.78 is 0. The summed E-state index contributed by atoms with van der Waals surface area (Å²) in [6, 6.07) is 5.77. The molecule has 2 heterocycles. The largest absolute Gasteiger partial charge is 0.480 e. The Hall–Kier alpha value is -1.67. The molecule has 3 atom stereocenters. The molecule has 2 N–H and O–H groups in total. The third kappa shape index (κ3) is 2.81. The van der Waals surface area contributed by atoms with Gasteiger partial charge in [-0.2, -0.15) is 11.8 Å². The highest BCUT2D eigenvalue weighted by atomic mass is 32.2. The van der Waals surface area contributed by atoms with E-state index in [0.717, 1.165) is 5.56 Å². The zero-order valence-corrected chi connectivity index (χ0v) is 14.0. The second kappa shape index (κ2) is 6.45. The molecule has 1 aromatic rings. The van der Waals surface area contributed by atoms with E-state index in [4.69, 9.17) is 5.11 Å². The number of thioether (sulfide) groups is 2. The van der Waals surface area contributed by atoms with Crippen molar-refractivity contribution in [2.75, 3.05) is 17.8 Å². The first-order chi connectivity index (χ1) is 11.0. The maximum atomic E-state index is 12.6. The van der Waals surface area contributed by atoms with Gasteiger partial charge in [-0.1, -0.05) is 18.2 Å². The Bertz CT molecular complexity index is 667. The molecule has 122 valence electrons. The maximum absolute atomic E-state index is 12.6. The van der Waals surface area contributed by atoms with Crippen LogP contribution in [0.3, 0.4) is 0 Å². The SMILES string of the molecule is CSCC(NC(=O)C1CSC2c3ccccc3C(=O)N12)C(=O)O. The van der Waals surface area contributed by atoms with E-state index in [1.165, 1.54) is 23.5 Å². The standard InChI is InChI=1S/C15H16N2O4S2/c1-22-6-10(15(20)21)16-12(18)11-7-23-14-9-5-3-2-4-8(9)13(19)17(11)14/h2-5,10-11,14H,6-7H2,1H3,(H,16,18)(H,20,21). The number of benzene rings is 1. The van der Waals surface area contributed by atoms with Crippen LogP contribution in [0.2, 0.25) is 0 Å². The summed E-state index contributed by atoms with van der Waals surface area (Å²) in [5.74, 6) is -0.859. The fraction of sp³-hybridized carbons (Fsp3) is 0.400. The van der Waals surface area contributed by atoms with Gasteiger partial charge in [0.1, 0.15) is 17.5 Å². The van der Waals surface area contributed by atoms with E-state index in [2.05, 4.69) is 5.32 Å². The van der Waals surface area contributed by atoms with E-state index >= 15 is 0 Å². The predicted molar refractivity (Wildman–Crippen MR) is 89.5 cm³/mol. The van der Waals surface area contributed by atoms with Crippen molar-refractivity contribution in [2.24, 2.45) is 0 Å². The summed E-state index contributed by atoms with van der Waals surface area (Å²) in [6.45, 7) is 0. The van der Waals surface area contributed by atoms with E-state index in [9.17, 15) is 14.4 Å². The van der Waals surface area contributed by atoms with Crippen molar-refractivity contribution in [3.05, 3.63) is 35.4 Å². The summed E-state index contributed by atoms with van der Waals surface area (Å²) in [7, 11) is 0. The minimum Gasteiger partial charge on any atom is -0.480 e. The van der Waals surface area contributed by atoms with Gasteiger partial charge in [-0.15, -0.1) is 11.8 Å². The highest BCUT2D eigenvalue weighted by Crippen LogP contribution is 2.48. The van der Waals surface area contributed by atoms with Crippen molar-refractivity contribution in [3.63, 3.8) is 0 Å². The molecule has 0 aliphatic carbocycles. The van der Waals surface area contributed by atoms with Crippen LogP contribution < -0.4 is 5.32 Å². The van der Waals surface area contributed by atoms with Gasteiger partial charge in [0.25, 0.3) is 5.91 Å². The molecule has 0 radical (unpaired) electrons. The van der Waals surface area contributed by atoms with Crippen molar-refractivity contribution in [1.29, 1.82) is 0 Å². The number of carbonyl (C=O) groups excluding carboxylic acids is 2. The highest BCUT2D eigenvalue weighted by molar-refractivity contribution is 7.99. The number of carboxylic acid groups (broad SMARTS) is 1. The lowest BCUT2D eigenvalue weighted by Gasteiger charge is -2.24. The summed E-state index contributed by atoms with van der Waals surface area (Å²) >= 11 is 2.89. The fourth-order valence-corrected chi connectivity index (χ4v) is 4.88. The smallest absolute Gasteiger partial charge is 0.327 e. The Morgan fingerprint density at radius 2 is 2.22 bits per heavy atom. The minimum atomic E-state index is -1.06. The lowest BCUT2D eigenvalue weighted by Crippen LogP contribution is -2.51. The van der Waals surface area contributed by atoms with Crippen molar-refractivity contribution in [1.82, 2.24) is 10.2 Å². The second-order valence-corrected chi connectivity index (χ2v) is 7.38. The van der Waals surface area contributed by atoms with Gasteiger partial charge < -0.3 is 15.3 Å². The third-order valence-electron chi connectivity index (χ3n) is 3.94. The minimum absolute atomic E-state index is 0.154. The Morgan fingerprint density at radius 1 is 1.48 bits per heavy atom. The van der Waals surface area contributed by atoms with E-state index in [1.807, 2.05) is 12.1 Å². The Morgan fingerprint density at radius 3 is 2.91 bits per heavy atom. The topological polar surface area (TPSA) is 86.7 Å². The molecule has 23 heavy (non-hydrogen) atoms. The van der Waals surface area contributed by atoms with Crippen LogP contribution in [-0.2, 0) is 9.59 Å². The summed E-state index contributed by atoms with van der Waals surface area (Å²) in [5, 5.41) is 11.6. The van der Waals surface area contributed by atoms with Crippen LogP contribution in [0.25, 0.3) is 0 Å². The number of carboxylic acids is 1. The molecule has 0 saturated carbocycles. The molecular formula is C15H16N2O4S2. The van der Waals surface area contributed by atoms with E-state index in [-0.39, 0.29) is 11.3 Å². The first-order valence-corrected chi connectivity index (χ1v) is 9.54. The first kappa shape index (κ1) is 16.2. The van der Waals surface area contributed by atoms with Gasteiger partial charge in [0.15, 0.2) is 0 Å². The van der Waals surface area contributed by atoms with Crippen molar-refractivity contribution < 1.29 is 19.5 Å². The number of amides is 2. The summed E-state index contributed by atoms with van der Waals surface area (Å²) in [4.78, 5) is 37.8. The number of hydrogen-bond acceptors (Lipinski definition) is 5. The number of aliphatic carboxylic acids is 1. The lowest BCUT2D eigenvalue weighted by atomic mass is 10.1. The lowest BCUT2D eigenvalue weighted by molar-refractivity contribution is -0.141. The van der Waals surface area contributed by atoms with Gasteiger partial charge >= 0.3 is 5.97 Å². The van der Waals surface area contributed by atoms with E-state index in [1.54, 1.807) is 23.3 Å². The molecule has 3 unspecified atom stereocenters. The zero-order chi connectivity index (χ0) is 16.6. The average molecular weight is 352 g/mol. The van der Waals surface area contributed by atoms with Gasteiger partial charge in [-0.3, -0.25) is 9.59 Å². The number of fused-ring (bicyclic) bond motifs is 3. The van der Waals surface area contributed by atoms with E-state index in [0.29, 0.717) is 17.1 Å². The zero-order valence-electron chi connectivity index (χ0n) is 12.4. The molecule has 1 saturated heterocycles. The molecule has 3 rings (SSSR count). The molecule has 0 spiro atoms. The molecule has 2 amide bonds. The molecule has 2 aliphatic heterocycles. The molecule has 8 heteroatoms. The van der Waals surface area contributed by atoms with Crippen LogP contribution in [0.5, 0.6) is 0 Å². The van der Waals surface area contributed by atoms with Gasteiger partial charge in [0.05, 0.1) is 0 Å². The second-order valence-electron chi connectivity index (χ2n) is 5.36. The van der Waals surface area contributed by atoms with E-state index < -0.39 is 24.0 Å². The molecule has 1 aromatic carbocycles. The Kier molecular flexibility index (Phi) is 4.54. The summed E-state index contributed by atoms with van der Waals surface area (Å²) in [5.41, 5.74) is 1.55. The number of rotatable bonds is 5. The maximum Gasteiger partial charge on any atom is 0.327 e. The normalized spacial score (nSPS) is 23.3. The predicted octanol–water partition coefficient (Wildman–Crippen LogP) is 1.19. The monoisotopic (exact) mass is 352 g/mol. The molecule has 0 bridgehead atoms. The van der Waals surface area contributed by atoms with Crippen LogP contribution in [0.4, 0.5) is 0 Å². The fourth-order valence-electron chi connectivity index (χ4n) is 2.85. The highest BCUT2D eigenvalue weighted by Gasteiger charge is 2.48. The molecular weight excluding hydrogens is 336 g/mol. The Balaban J connectivity index is 1.77. The van der Waals surface area contributed by atoms with Crippen LogP contribution in [-0.4, -0.2) is 57.6 Å². The van der Waals surface area contributed by atoms with Gasteiger partial charge in [-0.25, -0.2) is 4.79 Å². The van der Waals surface area contributed by atoms with Crippen molar-refractivity contribution in [3.8, 4) is 0 Å². The number of carbonyl (C=O) groups is 3. The van der Waals surface area contributed by atoms with Crippen LogP contribution in [0.15, 0.2) is 24.3 Å². The van der Waals surface area contributed by atoms with Crippen LogP contribution in [0.1, 0.15) is 21.3 Å². The van der Waals surface area contributed by atoms with Gasteiger partial charge in [0, 0.05) is 17.1 Å². The quantitative estimate of drug-likeness (QED) is 0.828. The summed E-state index contributed by atoms with van der Waals surface area (Å²) in [6.07, 6.45) is 1.78. The van der Waals surface area contributed by atoms with Crippen molar-refractivity contribution in [2.45, 2.75) is 17.5 Å². The molecule has 6 nitrogen and oxygen atoms in total.